The van der Waals surface area contributed by atoms with E-state index in [0.717, 1.165) is 5.75 Å². The molecule has 0 radical (unpaired) electrons. The Hall–Kier alpha value is -0.910. The van der Waals surface area contributed by atoms with E-state index in [1.165, 1.54) is 25.7 Å². The lowest BCUT2D eigenvalue weighted by atomic mass is 10.2. The van der Waals surface area contributed by atoms with Crippen LogP contribution in [0.1, 0.15) is 52.9 Å². The van der Waals surface area contributed by atoms with Crippen molar-refractivity contribution in [3.63, 3.8) is 0 Å². The van der Waals surface area contributed by atoms with Crippen LogP contribution < -0.4 is 5.32 Å². The zero-order chi connectivity index (χ0) is 15.2. The van der Waals surface area contributed by atoms with Crippen LogP contribution in [0.3, 0.4) is 0 Å². The highest BCUT2D eigenvalue weighted by atomic mass is 32.2. The third-order valence-electron chi connectivity index (χ3n) is 3.05. The van der Waals surface area contributed by atoms with Crippen molar-refractivity contribution >= 4 is 23.8 Å². The fraction of sp³-hybridized carbons (Fsp3) is 0.857. The van der Waals surface area contributed by atoms with Crippen LogP contribution in [0.5, 0.6) is 0 Å². The third-order valence-corrected chi connectivity index (χ3v) is 4.47. The van der Waals surface area contributed by atoms with Crippen LogP contribution in [0.2, 0.25) is 0 Å². The van der Waals surface area contributed by atoms with Crippen LogP contribution in [0.15, 0.2) is 0 Å². The van der Waals surface area contributed by atoms with Crippen molar-refractivity contribution < 1.29 is 19.4 Å². The molecular weight excluding hydrogens is 278 g/mol. The third kappa shape index (κ3) is 7.03. The van der Waals surface area contributed by atoms with Crippen molar-refractivity contribution in [2.45, 2.75) is 69.8 Å². The van der Waals surface area contributed by atoms with Gasteiger partial charge >= 0.3 is 12.1 Å². The molecule has 0 aromatic rings. The van der Waals surface area contributed by atoms with E-state index < -0.39 is 23.7 Å². The maximum atomic E-state index is 11.6. The van der Waals surface area contributed by atoms with Crippen LogP contribution in [-0.4, -0.2) is 39.8 Å². The molecule has 2 N–H and O–H groups in total. The Bertz CT molecular complexity index is 335. The highest BCUT2D eigenvalue weighted by molar-refractivity contribution is 7.99. The largest absolute Gasteiger partial charge is 0.480 e. The number of carboxylic acid groups (broad SMARTS) is 1. The Morgan fingerprint density at radius 3 is 2.45 bits per heavy atom. The van der Waals surface area contributed by atoms with Crippen LogP contribution in [0, 0.1) is 0 Å². The molecule has 1 unspecified atom stereocenters. The number of carbonyl (C=O) groups excluding carboxylic acids is 1. The molecule has 0 aromatic carbocycles. The molecule has 0 bridgehead atoms. The van der Waals surface area contributed by atoms with Crippen molar-refractivity contribution in [2.75, 3.05) is 5.75 Å². The first-order valence-electron chi connectivity index (χ1n) is 7.12. The first kappa shape index (κ1) is 17.1. The van der Waals surface area contributed by atoms with Crippen LogP contribution in [0.4, 0.5) is 4.79 Å². The van der Waals surface area contributed by atoms with E-state index in [1.54, 1.807) is 20.8 Å². The highest BCUT2D eigenvalue weighted by Crippen LogP contribution is 2.29. The lowest BCUT2D eigenvalue weighted by molar-refractivity contribution is -0.139. The summed E-state index contributed by atoms with van der Waals surface area (Å²) in [7, 11) is 0. The van der Waals surface area contributed by atoms with Crippen molar-refractivity contribution in [3.8, 4) is 0 Å². The van der Waals surface area contributed by atoms with Crippen molar-refractivity contribution in [3.05, 3.63) is 0 Å². The van der Waals surface area contributed by atoms with Crippen molar-refractivity contribution in [1.29, 1.82) is 0 Å². The average molecular weight is 303 g/mol. The summed E-state index contributed by atoms with van der Waals surface area (Å²) in [5.74, 6) is -0.264. The lowest BCUT2D eigenvalue weighted by Crippen LogP contribution is -2.43. The molecule has 5 nitrogen and oxygen atoms in total. The quantitative estimate of drug-likeness (QED) is 0.789. The summed E-state index contributed by atoms with van der Waals surface area (Å²) < 4.78 is 5.08. The van der Waals surface area contributed by atoms with Gasteiger partial charge in [0.1, 0.15) is 11.6 Å². The molecule has 20 heavy (non-hydrogen) atoms. The smallest absolute Gasteiger partial charge is 0.408 e. The Morgan fingerprint density at radius 2 is 1.95 bits per heavy atom. The second-order valence-corrected chi connectivity index (χ2v) is 7.51. The van der Waals surface area contributed by atoms with E-state index >= 15 is 0 Å². The van der Waals surface area contributed by atoms with Gasteiger partial charge in [0.15, 0.2) is 0 Å². The maximum absolute atomic E-state index is 11.6. The highest BCUT2D eigenvalue weighted by Gasteiger charge is 2.24. The molecule has 0 saturated heterocycles. The fourth-order valence-electron chi connectivity index (χ4n) is 2.11. The molecule has 0 spiro atoms. The summed E-state index contributed by atoms with van der Waals surface area (Å²) in [4.78, 5) is 22.7. The minimum absolute atomic E-state index is 0.426. The molecule has 1 rings (SSSR count). The standard InChI is InChI=1S/C14H25NO4S/c1-14(2,3)19-13(18)15-11(12(16)17)8-9-20-10-6-4-5-7-10/h10-11H,4-9H2,1-3H3,(H,15,18)(H,16,17). The summed E-state index contributed by atoms with van der Waals surface area (Å²) >= 11 is 1.81. The van der Waals surface area contributed by atoms with E-state index in [0.29, 0.717) is 11.7 Å². The van der Waals surface area contributed by atoms with E-state index in [1.807, 2.05) is 11.8 Å². The normalized spacial score (nSPS) is 17.8. The molecule has 1 amide bonds. The number of alkyl carbamates (subject to hydrolysis) is 1. The van der Waals surface area contributed by atoms with Gasteiger partial charge in [0.05, 0.1) is 0 Å². The van der Waals surface area contributed by atoms with Crippen molar-refractivity contribution in [1.82, 2.24) is 5.32 Å². The zero-order valence-corrected chi connectivity index (χ0v) is 13.3. The summed E-state index contributed by atoms with van der Waals surface area (Å²) in [5, 5.41) is 12.2. The topological polar surface area (TPSA) is 75.6 Å². The van der Waals surface area contributed by atoms with Crippen molar-refractivity contribution in [2.24, 2.45) is 0 Å². The number of hydrogen-bond acceptors (Lipinski definition) is 4. The number of carboxylic acids is 1. The molecule has 1 aliphatic carbocycles. The minimum atomic E-state index is -1.01. The summed E-state index contributed by atoms with van der Waals surface area (Å²) in [6.45, 7) is 5.24. The van der Waals surface area contributed by atoms with E-state index in [-0.39, 0.29) is 0 Å². The number of amides is 1. The number of hydrogen-bond donors (Lipinski definition) is 2. The number of aliphatic carboxylic acids is 1. The average Bonchev–Trinajstić information content (AvgIpc) is 2.77. The van der Waals surface area contributed by atoms with Gasteiger partial charge in [-0.15, -0.1) is 0 Å². The molecule has 6 heteroatoms. The van der Waals surface area contributed by atoms with Gasteiger partial charge in [-0.1, -0.05) is 12.8 Å². The SMILES string of the molecule is CC(C)(C)OC(=O)NC(CCSC1CCCC1)C(=O)O. The van der Waals surface area contributed by atoms with Gasteiger partial charge in [-0.3, -0.25) is 0 Å². The molecule has 116 valence electrons. The number of rotatable bonds is 6. The van der Waals surface area contributed by atoms with Crippen LogP contribution in [-0.2, 0) is 9.53 Å². The number of nitrogens with one attached hydrogen (secondary N) is 1. The molecule has 1 atom stereocenters. The fourth-order valence-corrected chi connectivity index (χ4v) is 3.49. The molecule has 0 heterocycles. The molecular formula is C14H25NO4S. The number of carbonyl (C=O) groups is 2. The first-order valence-corrected chi connectivity index (χ1v) is 8.17. The maximum Gasteiger partial charge on any atom is 0.408 e. The number of thioether (sulfide) groups is 1. The summed E-state index contributed by atoms with van der Waals surface area (Å²) in [6.07, 6.45) is 4.75. The van der Waals surface area contributed by atoms with Gasteiger partial charge in [-0.05, 0) is 45.8 Å². The summed E-state index contributed by atoms with van der Waals surface area (Å²) in [5.41, 5.74) is -0.619. The van der Waals surface area contributed by atoms with Gasteiger partial charge in [-0.25, -0.2) is 9.59 Å². The van der Waals surface area contributed by atoms with Crippen LogP contribution >= 0.6 is 11.8 Å². The molecule has 0 aliphatic heterocycles. The molecule has 1 fully saturated rings. The second-order valence-electron chi connectivity index (χ2n) is 6.10. The first-order chi connectivity index (χ1) is 9.28. The second kappa shape index (κ2) is 7.76. The van der Waals surface area contributed by atoms with E-state index in [2.05, 4.69) is 5.32 Å². The monoisotopic (exact) mass is 303 g/mol. The number of ether oxygens (including phenoxy) is 1. The summed E-state index contributed by atoms with van der Waals surface area (Å²) in [6, 6.07) is -0.876. The van der Waals surface area contributed by atoms with Gasteiger partial charge in [0.2, 0.25) is 0 Å². The van der Waals surface area contributed by atoms with E-state index in [4.69, 9.17) is 9.84 Å². The molecule has 1 aliphatic rings. The molecule has 0 aromatic heterocycles. The Balaban J connectivity index is 2.32. The molecule has 1 saturated carbocycles. The predicted octanol–water partition coefficient (Wildman–Crippen LogP) is 3.03. The Morgan fingerprint density at radius 1 is 1.35 bits per heavy atom. The zero-order valence-electron chi connectivity index (χ0n) is 12.5. The lowest BCUT2D eigenvalue weighted by Gasteiger charge is -2.22. The van der Waals surface area contributed by atoms with Gasteiger partial charge in [-0.2, -0.15) is 11.8 Å². The Kier molecular flexibility index (Phi) is 6.65. The van der Waals surface area contributed by atoms with Gasteiger partial charge < -0.3 is 15.2 Å². The van der Waals surface area contributed by atoms with Gasteiger partial charge in [0.25, 0.3) is 0 Å². The van der Waals surface area contributed by atoms with E-state index in [9.17, 15) is 9.59 Å². The predicted molar refractivity (Wildman–Crippen MR) is 80.1 cm³/mol. The Labute approximate surface area is 124 Å². The van der Waals surface area contributed by atoms with Gasteiger partial charge in [0, 0.05) is 5.25 Å². The van der Waals surface area contributed by atoms with Crippen LogP contribution in [0.25, 0.3) is 0 Å². The minimum Gasteiger partial charge on any atom is -0.480 e.